The molecule has 1 rings (SSSR count). The standard InChI is InChI=1S/C7H13N2O/c1-4-6(2)9-5-7(3)10-8-9/h6H,3-5H2,1-2H3/q+1. The van der Waals surface area contributed by atoms with E-state index in [9.17, 15) is 0 Å². The predicted molar refractivity (Wildman–Crippen MR) is 37.5 cm³/mol. The van der Waals surface area contributed by atoms with Crippen LogP contribution in [-0.2, 0) is 4.84 Å². The van der Waals surface area contributed by atoms with E-state index in [1.807, 2.05) is 4.70 Å². The van der Waals surface area contributed by atoms with Gasteiger partial charge in [-0.2, -0.15) is 0 Å². The zero-order chi connectivity index (χ0) is 7.56. The second-order valence-electron chi connectivity index (χ2n) is 2.57. The van der Waals surface area contributed by atoms with Crippen LogP contribution in [0.15, 0.2) is 17.6 Å². The third-order valence-corrected chi connectivity index (χ3v) is 1.71. The second kappa shape index (κ2) is 2.82. The van der Waals surface area contributed by atoms with E-state index in [1.165, 1.54) is 0 Å². The fourth-order valence-corrected chi connectivity index (χ4v) is 0.796. The van der Waals surface area contributed by atoms with Gasteiger partial charge in [-0.05, 0) is 6.92 Å². The summed E-state index contributed by atoms with van der Waals surface area (Å²) in [5.74, 6) is 0.736. The van der Waals surface area contributed by atoms with Gasteiger partial charge in [0.1, 0.15) is 0 Å². The molecule has 0 fully saturated rings. The lowest BCUT2D eigenvalue weighted by Gasteiger charge is -1.96. The SMILES string of the molecule is C=C1C[N+](C(C)CC)=NO1. The third kappa shape index (κ3) is 1.35. The first-order valence-electron chi connectivity index (χ1n) is 3.56. The number of hydrogen-bond acceptors (Lipinski definition) is 2. The van der Waals surface area contributed by atoms with E-state index >= 15 is 0 Å². The fraction of sp³-hybridized carbons (Fsp3) is 0.714. The molecule has 0 N–H and O–H groups in total. The predicted octanol–water partition coefficient (Wildman–Crippen LogP) is 1.71. The fourth-order valence-electron chi connectivity index (χ4n) is 0.796. The van der Waals surface area contributed by atoms with Crippen molar-refractivity contribution in [2.45, 2.75) is 26.3 Å². The monoisotopic (exact) mass is 141 g/mol. The smallest absolute Gasteiger partial charge is 0.231 e. The lowest BCUT2D eigenvalue weighted by molar-refractivity contribution is -0.618. The van der Waals surface area contributed by atoms with Crippen LogP contribution in [0.5, 0.6) is 0 Å². The van der Waals surface area contributed by atoms with Gasteiger partial charge < -0.3 is 4.84 Å². The molecule has 0 aromatic carbocycles. The largest absolute Gasteiger partial charge is 0.306 e. The van der Waals surface area contributed by atoms with Crippen molar-refractivity contribution in [3.05, 3.63) is 12.3 Å². The van der Waals surface area contributed by atoms with Gasteiger partial charge in [0.2, 0.25) is 12.3 Å². The molecule has 0 spiro atoms. The molecule has 0 saturated carbocycles. The van der Waals surface area contributed by atoms with E-state index in [0.29, 0.717) is 6.04 Å². The van der Waals surface area contributed by atoms with Crippen molar-refractivity contribution in [2.24, 2.45) is 5.28 Å². The Morgan fingerprint density at radius 3 is 3.00 bits per heavy atom. The molecule has 1 aliphatic rings. The average molecular weight is 141 g/mol. The minimum atomic E-state index is 0.458. The lowest BCUT2D eigenvalue weighted by Crippen LogP contribution is -2.19. The van der Waals surface area contributed by atoms with Crippen LogP contribution >= 0.6 is 0 Å². The highest BCUT2D eigenvalue weighted by Gasteiger charge is 2.24. The molecule has 0 radical (unpaired) electrons. The van der Waals surface area contributed by atoms with E-state index in [1.54, 1.807) is 0 Å². The highest BCUT2D eigenvalue weighted by atomic mass is 16.7. The molecule has 3 nitrogen and oxygen atoms in total. The van der Waals surface area contributed by atoms with Crippen molar-refractivity contribution in [3.63, 3.8) is 0 Å². The van der Waals surface area contributed by atoms with Gasteiger partial charge in [0.25, 0.3) is 0 Å². The highest BCUT2D eigenvalue weighted by Crippen LogP contribution is 2.09. The molecule has 0 amide bonds. The Bertz CT molecular complexity index is 174. The average Bonchev–Trinajstić information content (AvgIpc) is 2.34. The van der Waals surface area contributed by atoms with Crippen LogP contribution in [0.3, 0.4) is 0 Å². The van der Waals surface area contributed by atoms with Gasteiger partial charge in [-0.15, -0.1) is 0 Å². The van der Waals surface area contributed by atoms with E-state index in [0.717, 1.165) is 18.7 Å². The van der Waals surface area contributed by atoms with Crippen LogP contribution in [-0.4, -0.2) is 17.3 Å². The van der Waals surface area contributed by atoms with Crippen molar-refractivity contribution in [3.8, 4) is 0 Å². The van der Waals surface area contributed by atoms with Crippen molar-refractivity contribution in [1.82, 2.24) is 0 Å². The lowest BCUT2D eigenvalue weighted by atomic mass is 10.2. The molecule has 3 heteroatoms. The van der Waals surface area contributed by atoms with Crippen LogP contribution in [0, 0.1) is 0 Å². The van der Waals surface area contributed by atoms with Gasteiger partial charge in [0.15, 0.2) is 11.3 Å². The molecular formula is C7H13N2O+. The summed E-state index contributed by atoms with van der Waals surface area (Å²) in [5.41, 5.74) is 0. The quantitative estimate of drug-likeness (QED) is 0.537. The van der Waals surface area contributed by atoms with Crippen LogP contribution in [0.1, 0.15) is 20.3 Å². The van der Waals surface area contributed by atoms with E-state index in [2.05, 4.69) is 25.7 Å². The Hall–Kier alpha value is -0.860. The molecular weight excluding hydrogens is 128 g/mol. The summed E-state index contributed by atoms with van der Waals surface area (Å²) in [5, 5.41) is 3.82. The van der Waals surface area contributed by atoms with Gasteiger partial charge in [0.05, 0.1) is 0 Å². The molecule has 56 valence electrons. The molecule has 10 heavy (non-hydrogen) atoms. The summed E-state index contributed by atoms with van der Waals surface area (Å²) >= 11 is 0. The minimum absolute atomic E-state index is 0.458. The van der Waals surface area contributed by atoms with Crippen LogP contribution < -0.4 is 0 Å². The number of nitrogens with zero attached hydrogens (tertiary/aromatic N) is 2. The van der Waals surface area contributed by atoms with E-state index in [-0.39, 0.29) is 0 Å². The zero-order valence-corrected chi connectivity index (χ0v) is 6.50. The maximum atomic E-state index is 4.84. The van der Waals surface area contributed by atoms with Gasteiger partial charge in [0, 0.05) is 6.42 Å². The Kier molecular flexibility index (Phi) is 2.04. The number of hydrogen-bond donors (Lipinski definition) is 0. The molecule has 0 aromatic heterocycles. The van der Waals surface area contributed by atoms with Crippen molar-refractivity contribution in [1.29, 1.82) is 0 Å². The van der Waals surface area contributed by atoms with Gasteiger partial charge in [-0.25, -0.2) is 0 Å². The summed E-state index contributed by atoms with van der Waals surface area (Å²) in [6.07, 6.45) is 1.08. The van der Waals surface area contributed by atoms with Crippen LogP contribution in [0.25, 0.3) is 0 Å². The molecule has 1 aliphatic heterocycles. The summed E-state index contributed by atoms with van der Waals surface area (Å²) in [4.78, 5) is 4.84. The highest BCUT2D eigenvalue weighted by molar-refractivity contribution is 4.81. The Morgan fingerprint density at radius 1 is 1.90 bits per heavy atom. The first-order chi connectivity index (χ1) is 4.74. The van der Waals surface area contributed by atoms with E-state index in [4.69, 9.17) is 4.84 Å². The molecule has 0 aliphatic carbocycles. The maximum absolute atomic E-state index is 4.84. The van der Waals surface area contributed by atoms with Crippen molar-refractivity contribution >= 4 is 0 Å². The summed E-state index contributed by atoms with van der Waals surface area (Å²) in [7, 11) is 0. The second-order valence-corrected chi connectivity index (χ2v) is 2.57. The molecule has 1 heterocycles. The summed E-state index contributed by atoms with van der Waals surface area (Å²) < 4.78 is 1.91. The van der Waals surface area contributed by atoms with Gasteiger partial charge >= 0.3 is 0 Å². The Labute approximate surface area is 61.0 Å². The normalized spacial score (nSPS) is 20.2. The first kappa shape index (κ1) is 7.25. The number of rotatable bonds is 2. The molecule has 1 atom stereocenters. The summed E-state index contributed by atoms with van der Waals surface area (Å²) in [6, 6.07) is 0.458. The van der Waals surface area contributed by atoms with Crippen LogP contribution in [0.4, 0.5) is 0 Å². The minimum Gasteiger partial charge on any atom is -0.306 e. The first-order valence-corrected chi connectivity index (χ1v) is 3.56. The van der Waals surface area contributed by atoms with Crippen molar-refractivity contribution < 1.29 is 9.53 Å². The molecule has 1 unspecified atom stereocenters. The van der Waals surface area contributed by atoms with Gasteiger partial charge in [-0.3, -0.25) is 0 Å². The van der Waals surface area contributed by atoms with Gasteiger partial charge in [-0.1, -0.05) is 18.2 Å². The molecule has 0 bridgehead atoms. The third-order valence-electron chi connectivity index (χ3n) is 1.71. The maximum Gasteiger partial charge on any atom is 0.231 e. The van der Waals surface area contributed by atoms with Crippen molar-refractivity contribution in [2.75, 3.05) is 6.54 Å². The Balaban J connectivity index is 2.50. The zero-order valence-electron chi connectivity index (χ0n) is 6.50. The molecule has 0 saturated heterocycles. The molecule has 0 aromatic rings. The summed E-state index contributed by atoms with van der Waals surface area (Å²) in [6.45, 7) is 8.65. The Morgan fingerprint density at radius 2 is 2.60 bits per heavy atom. The van der Waals surface area contributed by atoms with Crippen LogP contribution in [0.2, 0.25) is 0 Å². The van der Waals surface area contributed by atoms with E-state index < -0.39 is 0 Å². The topological polar surface area (TPSA) is 24.6 Å².